The minimum atomic E-state index is -0.894. The molecular formula is C15H21NO3. The van der Waals surface area contributed by atoms with E-state index in [2.05, 4.69) is 4.90 Å². The van der Waals surface area contributed by atoms with Gasteiger partial charge in [-0.3, -0.25) is 0 Å². The highest BCUT2D eigenvalue weighted by molar-refractivity contribution is 5.94. The first-order valence-corrected chi connectivity index (χ1v) is 6.70. The van der Waals surface area contributed by atoms with Crippen LogP contribution in [0.3, 0.4) is 0 Å². The molecule has 1 aromatic rings. The Morgan fingerprint density at radius 2 is 2.05 bits per heavy atom. The Morgan fingerprint density at radius 3 is 2.74 bits per heavy atom. The summed E-state index contributed by atoms with van der Waals surface area (Å²) < 4.78 is 0. The number of carboxylic acids is 1. The standard InChI is InChI=1S/C15H21NO3/c1-11-4-5-13(12(10-11)14(17)18)16-8-3-6-15(2,19)7-9-16/h4-5,10,19H,3,6-9H2,1-2H3,(H,17,18). The molecule has 0 saturated carbocycles. The van der Waals surface area contributed by atoms with Crippen LogP contribution in [0.2, 0.25) is 0 Å². The topological polar surface area (TPSA) is 60.8 Å². The molecule has 0 amide bonds. The first-order valence-electron chi connectivity index (χ1n) is 6.70. The van der Waals surface area contributed by atoms with Crippen LogP contribution in [0.1, 0.15) is 42.1 Å². The normalized spacial score (nSPS) is 24.1. The Labute approximate surface area is 113 Å². The third-order valence-corrected chi connectivity index (χ3v) is 3.79. The highest BCUT2D eigenvalue weighted by Gasteiger charge is 2.26. The highest BCUT2D eigenvalue weighted by Crippen LogP contribution is 2.28. The van der Waals surface area contributed by atoms with Gasteiger partial charge in [0.15, 0.2) is 0 Å². The quantitative estimate of drug-likeness (QED) is 0.860. The number of nitrogens with zero attached hydrogens (tertiary/aromatic N) is 1. The maximum absolute atomic E-state index is 11.4. The molecule has 1 fully saturated rings. The molecule has 2 N–H and O–H groups in total. The van der Waals surface area contributed by atoms with Crippen molar-refractivity contribution >= 4 is 11.7 Å². The lowest BCUT2D eigenvalue weighted by atomic mass is 9.98. The Hall–Kier alpha value is -1.55. The molecule has 1 heterocycles. The second-order valence-electron chi connectivity index (χ2n) is 5.66. The number of hydrogen-bond acceptors (Lipinski definition) is 3. The Morgan fingerprint density at radius 1 is 1.32 bits per heavy atom. The zero-order chi connectivity index (χ0) is 14.0. The number of anilines is 1. The van der Waals surface area contributed by atoms with Crippen LogP contribution in [-0.4, -0.2) is 34.9 Å². The van der Waals surface area contributed by atoms with Gasteiger partial charge in [0.25, 0.3) is 0 Å². The molecule has 1 aliphatic heterocycles. The van der Waals surface area contributed by atoms with Crippen molar-refractivity contribution in [2.75, 3.05) is 18.0 Å². The number of benzene rings is 1. The third kappa shape index (κ3) is 3.26. The zero-order valence-corrected chi connectivity index (χ0v) is 11.5. The Kier molecular flexibility index (Phi) is 3.80. The maximum atomic E-state index is 11.4. The summed E-state index contributed by atoms with van der Waals surface area (Å²) in [5, 5.41) is 19.4. The van der Waals surface area contributed by atoms with E-state index in [0.717, 1.165) is 30.6 Å². The van der Waals surface area contributed by atoms with Crippen molar-refractivity contribution in [3.05, 3.63) is 29.3 Å². The van der Waals surface area contributed by atoms with E-state index in [1.165, 1.54) is 0 Å². The Balaban J connectivity index is 2.29. The van der Waals surface area contributed by atoms with Crippen molar-refractivity contribution in [2.45, 2.75) is 38.7 Å². The summed E-state index contributed by atoms with van der Waals surface area (Å²) in [4.78, 5) is 13.4. The average Bonchev–Trinajstić information content (AvgIpc) is 2.50. The predicted molar refractivity (Wildman–Crippen MR) is 74.8 cm³/mol. The van der Waals surface area contributed by atoms with E-state index in [1.807, 2.05) is 26.0 Å². The SMILES string of the molecule is Cc1ccc(N2CCCC(C)(O)CC2)c(C(=O)O)c1. The third-order valence-electron chi connectivity index (χ3n) is 3.79. The van der Waals surface area contributed by atoms with Gasteiger partial charge in [-0.1, -0.05) is 11.6 Å². The largest absolute Gasteiger partial charge is 0.478 e. The lowest BCUT2D eigenvalue weighted by Crippen LogP contribution is -2.29. The predicted octanol–water partition coefficient (Wildman–Crippen LogP) is 2.43. The molecule has 0 aliphatic carbocycles. The summed E-state index contributed by atoms with van der Waals surface area (Å²) in [6.45, 7) is 5.23. The molecule has 19 heavy (non-hydrogen) atoms. The van der Waals surface area contributed by atoms with Crippen molar-refractivity contribution in [3.8, 4) is 0 Å². The molecule has 104 valence electrons. The fraction of sp³-hybridized carbons (Fsp3) is 0.533. The summed E-state index contributed by atoms with van der Waals surface area (Å²) in [5.74, 6) is -0.894. The minimum Gasteiger partial charge on any atom is -0.478 e. The Bertz CT molecular complexity index is 482. The summed E-state index contributed by atoms with van der Waals surface area (Å²) >= 11 is 0. The lowest BCUT2D eigenvalue weighted by molar-refractivity contribution is 0.0481. The van der Waals surface area contributed by atoms with Gasteiger partial charge in [-0.25, -0.2) is 4.79 Å². The monoisotopic (exact) mass is 263 g/mol. The molecule has 0 bridgehead atoms. The number of carboxylic acid groups (broad SMARTS) is 1. The summed E-state index contributed by atoms with van der Waals surface area (Å²) in [7, 11) is 0. The molecule has 0 aromatic heterocycles. The van der Waals surface area contributed by atoms with Crippen molar-refractivity contribution in [2.24, 2.45) is 0 Å². The van der Waals surface area contributed by atoms with Gasteiger partial charge in [-0.2, -0.15) is 0 Å². The number of aromatic carboxylic acids is 1. The van der Waals surface area contributed by atoms with Crippen molar-refractivity contribution in [3.63, 3.8) is 0 Å². The molecular weight excluding hydrogens is 242 g/mol. The molecule has 1 atom stereocenters. The average molecular weight is 263 g/mol. The molecule has 0 radical (unpaired) electrons. The van der Waals surface area contributed by atoms with Crippen molar-refractivity contribution in [1.29, 1.82) is 0 Å². The van der Waals surface area contributed by atoms with Crippen LogP contribution in [0.15, 0.2) is 18.2 Å². The molecule has 4 nitrogen and oxygen atoms in total. The van der Waals surface area contributed by atoms with Crippen LogP contribution < -0.4 is 4.90 Å². The van der Waals surface area contributed by atoms with E-state index in [-0.39, 0.29) is 0 Å². The molecule has 1 unspecified atom stereocenters. The van der Waals surface area contributed by atoms with Gasteiger partial charge < -0.3 is 15.1 Å². The maximum Gasteiger partial charge on any atom is 0.337 e. The number of aliphatic hydroxyl groups is 1. The van der Waals surface area contributed by atoms with Gasteiger partial charge in [0, 0.05) is 13.1 Å². The first kappa shape index (κ1) is 13.9. The molecule has 1 saturated heterocycles. The van der Waals surface area contributed by atoms with Crippen molar-refractivity contribution < 1.29 is 15.0 Å². The summed E-state index contributed by atoms with van der Waals surface area (Å²) in [6.07, 6.45) is 2.30. The molecule has 1 aliphatic rings. The lowest BCUT2D eigenvalue weighted by Gasteiger charge is -2.25. The minimum absolute atomic E-state index is 0.349. The fourth-order valence-corrected chi connectivity index (χ4v) is 2.60. The van der Waals surface area contributed by atoms with E-state index in [0.29, 0.717) is 18.5 Å². The molecule has 2 rings (SSSR count). The number of rotatable bonds is 2. The van der Waals surface area contributed by atoms with Crippen LogP contribution in [0.25, 0.3) is 0 Å². The van der Waals surface area contributed by atoms with Gasteiger partial charge in [-0.15, -0.1) is 0 Å². The summed E-state index contributed by atoms with van der Waals surface area (Å²) in [6, 6.07) is 5.52. The van der Waals surface area contributed by atoms with Gasteiger partial charge >= 0.3 is 5.97 Å². The van der Waals surface area contributed by atoms with Crippen LogP contribution in [0, 0.1) is 6.92 Å². The van der Waals surface area contributed by atoms with E-state index in [4.69, 9.17) is 0 Å². The van der Waals surface area contributed by atoms with Gasteiger partial charge in [0.05, 0.1) is 16.9 Å². The smallest absolute Gasteiger partial charge is 0.337 e. The molecule has 0 spiro atoms. The second kappa shape index (κ2) is 5.21. The van der Waals surface area contributed by atoms with Gasteiger partial charge in [0.2, 0.25) is 0 Å². The van der Waals surface area contributed by atoms with Crippen LogP contribution in [0.5, 0.6) is 0 Å². The van der Waals surface area contributed by atoms with E-state index in [1.54, 1.807) is 6.07 Å². The van der Waals surface area contributed by atoms with Crippen molar-refractivity contribution in [1.82, 2.24) is 0 Å². The van der Waals surface area contributed by atoms with E-state index < -0.39 is 11.6 Å². The second-order valence-corrected chi connectivity index (χ2v) is 5.66. The number of carbonyl (C=O) groups is 1. The van der Waals surface area contributed by atoms with Gasteiger partial charge in [0.1, 0.15) is 0 Å². The fourth-order valence-electron chi connectivity index (χ4n) is 2.60. The van der Waals surface area contributed by atoms with Gasteiger partial charge in [-0.05, 0) is 45.2 Å². The first-order chi connectivity index (χ1) is 8.89. The van der Waals surface area contributed by atoms with Crippen LogP contribution in [-0.2, 0) is 0 Å². The van der Waals surface area contributed by atoms with Crippen LogP contribution in [0.4, 0.5) is 5.69 Å². The van der Waals surface area contributed by atoms with E-state index in [9.17, 15) is 15.0 Å². The van der Waals surface area contributed by atoms with E-state index >= 15 is 0 Å². The highest BCUT2D eigenvalue weighted by atomic mass is 16.4. The molecule has 4 heteroatoms. The van der Waals surface area contributed by atoms with Crippen LogP contribution >= 0.6 is 0 Å². The number of hydrogen-bond donors (Lipinski definition) is 2. The summed E-state index contributed by atoms with van der Waals surface area (Å²) in [5.41, 5.74) is 1.42. The number of aryl methyl sites for hydroxylation is 1. The zero-order valence-electron chi connectivity index (χ0n) is 11.5. The molecule has 1 aromatic carbocycles.